The number of hydrogen-bond donors (Lipinski definition) is 2. The van der Waals surface area contributed by atoms with E-state index in [-0.39, 0.29) is 28.9 Å². The van der Waals surface area contributed by atoms with Gasteiger partial charge >= 0.3 is 6.36 Å². The van der Waals surface area contributed by atoms with Gasteiger partial charge in [0.1, 0.15) is 12.1 Å². The van der Waals surface area contributed by atoms with Crippen LogP contribution in [0.25, 0.3) is 0 Å². The number of sulfonamides is 1. The molecule has 0 amide bonds. The zero-order valence-corrected chi connectivity index (χ0v) is 19.7. The number of benzene rings is 1. The number of aromatic amines is 1. The average Bonchev–Trinajstić information content (AvgIpc) is 3.51. The third-order valence-electron chi connectivity index (χ3n) is 6.06. The van der Waals surface area contributed by atoms with Crippen LogP contribution in [-0.4, -0.2) is 58.5 Å². The number of nitrogens with zero attached hydrogens (tertiary/aromatic N) is 4. The molecule has 3 atom stereocenters. The second kappa shape index (κ2) is 9.37. The molecule has 1 aromatic carbocycles. The highest BCUT2D eigenvalue weighted by atomic mass is 32.2. The summed E-state index contributed by atoms with van der Waals surface area (Å²) in [6, 6.07) is 5.78. The summed E-state index contributed by atoms with van der Waals surface area (Å²) < 4.78 is 80.5. The van der Waals surface area contributed by atoms with Crippen molar-refractivity contribution in [3.05, 3.63) is 48.0 Å². The maximum atomic E-state index is 12.9. The summed E-state index contributed by atoms with van der Waals surface area (Å²) in [6.45, 7) is 0.687. The molecule has 0 bridgehead atoms. The number of fused-ring (bicyclic) bond motifs is 1. The second-order valence-corrected chi connectivity index (χ2v) is 10.6. The molecule has 15 heteroatoms. The lowest BCUT2D eigenvalue weighted by Crippen LogP contribution is -2.44. The molecular weight excluding hydrogens is 509 g/mol. The molecule has 4 heterocycles. The molecule has 2 aliphatic heterocycles. The largest absolute Gasteiger partial charge is 0.522 e. The standard InChI is InChI=1S/C20H21F3N6O4S2/c21-20(22,23)33-12-4-7-29(17(9-12)15-3-6-25-27-15)16-5-8-32-18-10-13(1-2-14(16)18)35(30,31)28-19-24-11-26-34-19/h1-3,6,10-12,16-17H,4-5,7-9H2,(H,25,27)(H,24,26,28)/t12-,16+,17+/m1/s1. The molecule has 1 fully saturated rings. The Hall–Kier alpha value is -2.75. The van der Waals surface area contributed by atoms with Crippen LogP contribution in [0.3, 0.4) is 0 Å². The zero-order valence-electron chi connectivity index (χ0n) is 18.1. The fourth-order valence-corrected chi connectivity index (χ4v) is 6.31. The van der Waals surface area contributed by atoms with E-state index in [1.165, 1.54) is 18.5 Å². The lowest BCUT2D eigenvalue weighted by atomic mass is 9.90. The maximum absolute atomic E-state index is 12.9. The van der Waals surface area contributed by atoms with Gasteiger partial charge in [0.2, 0.25) is 5.13 Å². The molecule has 0 aliphatic carbocycles. The third kappa shape index (κ3) is 5.27. The minimum absolute atomic E-state index is 0.00880. The summed E-state index contributed by atoms with van der Waals surface area (Å²) in [6.07, 6.45) is -1.94. The molecule has 0 saturated carbocycles. The number of rotatable bonds is 6. The molecule has 188 valence electrons. The Balaban J connectivity index is 1.42. The highest BCUT2D eigenvalue weighted by Crippen LogP contribution is 2.44. The van der Waals surface area contributed by atoms with E-state index in [1.54, 1.807) is 18.3 Å². The Morgan fingerprint density at radius 3 is 2.80 bits per heavy atom. The Labute approximate surface area is 202 Å². The van der Waals surface area contributed by atoms with Crippen LogP contribution in [0.15, 0.2) is 41.7 Å². The summed E-state index contributed by atoms with van der Waals surface area (Å²) in [5.74, 6) is 0.415. The van der Waals surface area contributed by atoms with E-state index in [0.717, 1.165) is 17.1 Å². The van der Waals surface area contributed by atoms with Gasteiger partial charge in [0.15, 0.2) is 0 Å². The summed E-state index contributed by atoms with van der Waals surface area (Å²) in [5.41, 5.74) is 1.46. The normalized spacial score (nSPS) is 23.5. The lowest BCUT2D eigenvalue weighted by Gasteiger charge is -2.45. The van der Waals surface area contributed by atoms with Gasteiger partial charge in [-0.05, 0) is 25.0 Å². The minimum atomic E-state index is -4.71. The quantitative estimate of drug-likeness (QED) is 0.496. The predicted octanol–water partition coefficient (Wildman–Crippen LogP) is 3.63. The Kier molecular flexibility index (Phi) is 6.41. The zero-order chi connectivity index (χ0) is 24.6. The molecule has 0 unspecified atom stereocenters. The number of nitrogens with one attached hydrogen (secondary N) is 2. The number of aromatic nitrogens is 4. The van der Waals surface area contributed by atoms with Crippen LogP contribution < -0.4 is 9.46 Å². The first-order valence-electron chi connectivity index (χ1n) is 10.8. The number of anilines is 1. The van der Waals surface area contributed by atoms with Gasteiger partial charge in [0.25, 0.3) is 10.0 Å². The number of H-pyrrole nitrogens is 1. The van der Waals surface area contributed by atoms with Gasteiger partial charge in [-0.2, -0.15) is 9.47 Å². The first-order chi connectivity index (χ1) is 16.7. The molecule has 10 nitrogen and oxygen atoms in total. The fraction of sp³-hybridized carbons (Fsp3) is 0.450. The second-order valence-electron chi connectivity index (χ2n) is 8.18. The van der Waals surface area contributed by atoms with Crippen molar-refractivity contribution in [2.24, 2.45) is 0 Å². The van der Waals surface area contributed by atoms with Crippen molar-refractivity contribution in [2.75, 3.05) is 17.9 Å². The summed E-state index contributed by atoms with van der Waals surface area (Å²) in [7, 11) is -3.90. The van der Waals surface area contributed by atoms with Crippen LogP contribution in [0, 0.1) is 0 Å². The van der Waals surface area contributed by atoms with Crippen molar-refractivity contribution in [3.8, 4) is 5.75 Å². The monoisotopic (exact) mass is 530 g/mol. The van der Waals surface area contributed by atoms with E-state index in [2.05, 4.69) is 33.9 Å². The van der Waals surface area contributed by atoms with Crippen molar-refractivity contribution < 1.29 is 31.1 Å². The predicted molar refractivity (Wildman–Crippen MR) is 118 cm³/mol. The van der Waals surface area contributed by atoms with E-state index in [1.807, 2.05) is 0 Å². The Morgan fingerprint density at radius 2 is 2.09 bits per heavy atom. The van der Waals surface area contributed by atoms with Crippen molar-refractivity contribution in [2.45, 2.75) is 48.7 Å². The van der Waals surface area contributed by atoms with Crippen molar-refractivity contribution >= 4 is 26.7 Å². The topological polar surface area (TPSA) is 122 Å². The van der Waals surface area contributed by atoms with E-state index in [4.69, 9.17) is 4.74 Å². The number of hydrogen-bond acceptors (Lipinski definition) is 9. The molecule has 2 aliphatic rings. The first-order valence-corrected chi connectivity index (χ1v) is 13.0. The summed E-state index contributed by atoms with van der Waals surface area (Å²) in [4.78, 5) is 5.96. The summed E-state index contributed by atoms with van der Waals surface area (Å²) in [5, 5.41) is 6.99. The van der Waals surface area contributed by atoms with Crippen molar-refractivity contribution in [3.63, 3.8) is 0 Å². The minimum Gasteiger partial charge on any atom is -0.493 e. The maximum Gasteiger partial charge on any atom is 0.522 e. The Morgan fingerprint density at radius 1 is 1.23 bits per heavy atom. The van der Waals surface area contributed by atoms with Crippen LogP contribution in [0.2, 0.25) is 0 Å². The first kappa shape index (κ1) is 24.0. The SMILES string of the molecule is O=S(=O)(Nc1ncns1)c1ccc2c(c1)OCC[C@@H]2N1CC[C@@H](OC(F)(F)F)C[C@H]1c1ccn[nH]1. The van der Waals surface area contributed by atoms with Crippen LogP contribution in [0.4, 0.5) is 18.3 Å². The van der Waals surface area contributed by atoms with Crippen LogP contribution in [0.5, 0.6) is 5.75 Å². The van der Waals surface area contributed by atoms with Gasteiger partial charge in [-0.15, -0.1) is 13.2 Å². The van der Waals surface area contributed by atoms with Crippen LogP contribution in [-0.2, 0) is 14.8 Å². The van der Waals surface area contributed by atoms with Gasteiger partial charge < -0.3 is 4.74 Å². The fourth-order valence-electron chi connectivity index (χ4n) is 4.63. The number of ether oxygens (including phenoxy) is 2. The van der Waals surface area contributed by atoms with Crippen molar-refractivity contribution in [1.82, 2.24) is 24.5 Å². The van der Waals surface area contributed by atoms with Gasteiger partial charge in [0, 0.05) is 48.4 Å². The van der Waals surface area contributed by atoms with E-state index >= 15 is 0 Å². The van der Waals surface area contributed by atoms with Gasteiger partial charge in [-0.3, -0.25) is 19.5 Å². The molecule has 3 aromatic rings. The molecular formula is C20H21F3N6O4S2. The number of alkyl halides is 3. The molecule has 5 rings (SSSR count). The number of halogens is 3. The smallest absolute Gasteiger partial charge is 0.493 e. The van der Waals surface area contributed by atoms with E-state index < -0.39 is 28.5 Å². The van der Waals surface area contributed by atoms with Gasteiger partial charge in [-0.1, -0.05) is 6.07 Å². The highest BCUT2D eigenvalue weighted by molar-refractivity contribution is 7.93. The number of piperidine rings is 1. The average molecular weight is 531 g/mol. The van der Waals surface area contributed by atoms with E-state index in [9.17, 15) is 21.6 Å². The summed E-state index contributed by atoms with van der Waals surface area (Å²) >= 11 is 0.917. The van der Waals surface area contributed by atoms with E-state index in [0.29, 0.717) is 31.0 Å². The molecule has 35 heavy (non-hydrogen) atoms. The van der Waals surface area contributed by atoms with Gasteiger partial charge in [0.05, 0.1) is 29.3 Å². The van der Waals surface area contributed by atoms with Crippen LogP contribution in [0.1, 0.15) is 42.6 Å². The Bertz CT molecular complexity index is 1250. The number of likely N-dealkylation sites (tertiary alicyclic amines) is 1. The third-order valence-corrected chi connectivity index (χ3v) is 8.11. The molecule has 2 aromatic heterocycles. The van der Waals surface area contributed by atoms with Crippen molar-refractivity contribution in [1.29, 1.82) is 0 Å². The van der Waals surface area contributed by atoms with Gasteiger partial charge in [-0.25, -0.2) is 13.4 Å². The molecule has 0 spiro atoms. The molecule has 2 N–H and O–H groups in total. The molecule has 1 saturated heterocycles. The lowest BCUT2D eigenvalue weighted by molar-refractivity contribution is -0.347. The highest BCUT2D eigenvalue weighted by Gasteiger charge is 2.42. The molecule has 0 radical (unpaired) electrons. The van der Waals surface area contributed by atoms with Crippen LogP contribution >= 0.6 is 11.5 Å².